The molecule has 0 aromatic heterocycles. The van der Waals surface area contributed by atoms with Gasteiger partial charge in [0.2, 0.25) is 0 Å². The maximum Gasteiger partial charge on any atom is 0.0345 e. The van der Waals surface area contributed by atoms with Crippen LogP contribution in [-0.2, 0) is 12.8 Å². The van der Waals surface area contributed by atoms with Gasteiger partial charge in [0.25, 0.3) is 0 Å². The largest absolute Gasteiger partial charge is 0.382 e. The van der Waals surface area contributed by atoms with Crippen LogP contribution in [0.25, 0.3) is 0 Å². The minimum Gasteiger partial charge on any atom is -0.382 e. The summed E-state index contributed by atoms with van der Waals surface area (Å²) in [6, 6.07) is 7.74. The Kier molecular flexibility index (Phi) is 3.35. The van der Waals surface area contributed by atoms with Crippen molar-refractivity contribution in [1.82, 2.24) is 0 Å². The predicted octanol–water partition coefficient (Wildman–Crippen LogP) is 4.31. The smallest absolute Gasteiger partial charge is 0.0345 e. The van der Waals surface area contributed by atoms with E-state index in [2.05, 4.69) is 23.5 Å². The lowest BCUT2D eigenvalue weighted by Crippen LogP contribution is -2.18. The normalized spacial score (nSPS) is 20.9. The van der Waals surface area contributed by atoms with E-state index in [0.29, 0.717) is 0 Å². The molecule has 0 heterocycles. The number of rotatable bonds is 2. The van der Waals surface area contributed by atoms with Crippen LogP contribution in [0.15, 0.2) is 18.2 Å². The number of nitrogens with one attached hydrogen (secondary N) is 1. The van der Waals surface area contributed by atoms with Gasteiger partial charge in [-0.25, -0.2) is 0 Å². The van der Waals surface area contributed by atoms with E-state index in [1.807, 2.05) is 0 Å². The van der Waals surface area contributed by atoms with Crippen LogP contribution in [0.4, 0.5) is 5.69 Å². The molecular weight excluding hydrogens is 206 g/mol. The molecular formula is C16H23N. The molecule has 1 aromatic carbocycles. The van der Waals surface area contributed by atoms with Crippen LogP contribution in [0.2, 0.25) is 0 Å². The Morgan fingerprint density at radius 1 is 0.824 bits per heavy atom. The highest BCUT2D eigenvalue weighted by Crippen LogP contribution is 2.27. The van der Waals surface area contributed by atoms with E-state index < -0.39 is 0 Å². The van der Waals surface area contributed by atoms with E-state index >= 15 is 0 Å². The maximum absolute atomic E-state index is 3.75. The molecule has 0 radical (unpaired) electrons. The zero-order chi connectivity index (χ0) is 11.5. The molecule has 0 bridgehead atoms. The van der Waals surface area contributed by atoms with Crippen molar-refractivity contribution in [2.75, 3.05) is 5.32 Å². The number of anilines is 1. The van der Waals surface area contributed by atoms with Gasteiger partial charge in [0, 0.05) is 11.7 Å². The van der Waals surface area contributed by atoms with Crippen LogP contribution in [0.5, 0.6) is 0 Å². The molecule has 1 fully saturated rings. The molecule has 0 atom stereocenters. The lowest BCUT2D eigenvalue weighted by Gasteiger charge is -2.18. The van der Waals surface area contributed by atoms with Gasteiger partial charge in [-0.1, -0.05) is 31.7 Å². The van der Waals surface area contributed by atoms with Crippen molar-refractivity contribution in [2.24, 2.45) is 0 Å². The summed E-state index contributed by atoms with van der Waals surface area (Å²) in [5.74, 6) is 0. The quantitative estimate of drug-likeness (QED) is 0.745. The van der Waals surface area contributed by atoms with Gasteiger partial charge in [-0.2, -0.15) is 0 Å². The number of hydrogen-bond donors (Lipinski definition) is 1. The Morgan fingerprint density at radius 3 is 2.41 bits per heavy atom. The van der Waals surface area contributed by atoms with Crippen LogP contribution >= 0.6 is 0 Å². The van der Waals surface area contributed by atoms with Gasteiger partial charge in [0.1, 0.15) is 0 Å². The molecule has 1 saturated carbocycles. The third-order valence-corrected chi connectivity index (χ3v) is 4.32. The highest BCUT2D eigenvalue weighted by molar-refractivity contribution is 5.50. The number of hydrogen-bond acceptors (Lipinski definition) is 1. The summed E-state index contributed by atoms with van der Waals surface area (Å²) in [5.41, 5.74) is 4.53. The van der Waals surface area contributed by atoms with E-state index in [0.717, 1.165) is 6.04 Å². The molecule has 92 valence electrons. The molecule has 2 aliphatic rings. The first-order valence-electron chi connectivity index (χ1n) is 7.30. The van der Waals surface area contributed by atoms with Crippen LogP contribution in [0, 0.1) is 0 Å². The van der Waals surface area contributed by atoms with Crippen LogP contribution in [0.1, 0.15) is 56.1 Å². The number of benzene rings is 1. The van der Waals surface area contributed by atoms with Crippen molar-refractivity contribution in [2.45, 2.75) is 63.8 Å². The van der Waals surface area contributed by atoms with Crippen LogP contribution < -0.4 is 5.32 Å². The van der Waals surface area contributed by atoms with Gasteiger partial charge in [0.15, 0.2) is 0 Å². The van der Waals surface area contributed by atoms with Crippen molar-refractivity contribution in [3.05, 3.63) is 29.3 Å². The Hall–Kier alpha value is -0.980. The molecule has 1 heteroatoms. The van der Waals surface area contributed by atoms with Gasteiger partial charge < -0.3 is 5.32 Å². The van der Waals surface area contributed by atoms with Gasteiger partial charge in [0.05, 0.1) is 0 Å². The molecule has 0 spiro atoms. The fraction of sp³-hybridized carbons (Fsp3) is 0.625. The molecule has 1 N–H and O–H groups in total. The third kappa shape index (κ3) is 2.65. The van der Waals surface area contributed by atoms with E-state index in [9.17, 15) is 0 Å². The SMILES string of the molecule is c1cc2c(cc1NC1CCCCCC1)CCC2. The Labute approximate surface area is 105 Å². The minimum absolute atomic E-state index is 0.719. The summed E-state index contributed by atoms with van der Waals surface area (Å²) >= 11 is 0. The molecule has 3 rings (SSSR count). The molecule has 2 aliphatic carbocycles. The van der Waals surface area contributed by atoms with Crippen molar-refractivity contribution in [3.63, 3.8) is 0 Å². The highest BCUT2D eigenvalue weighted by atomic mass is 14.9. The molecule has 0 amide bonds. The molecule has 0 saturated heterocycles. The van der Waals surface area contributed by atoms with Gasteiger partial charge in [-0.3, -0.25) is 0 Å². The first-order valence-corrected chi connectivity index (χ1v) is 7.30. The first kappa shape index (κ1) is 11.1. The average Bonchev–Trinajstić information content (AvgIpc) is 2.65. The van der Waals surface area contributed by atoms with E-state index in [1.165, 1.54) is 63.5 Å². The fourth-order valence-electron chi connectivity index (χ4n) is 3.32. The maximum atomic E-state index is 3.75. The standard InChI is InChI=1S/C16H23N/c1-2-4-9-15(8-3-1)17-16-11-10-13-6-5-7-14(13)12-16/h10-12,15,17H,1-9H2. The summed E-state index contributed by atoms with van der Waals surface area (Å²) in [5, 5.41) is 3.75. The summed E-state index contributed by atoms with van der Waals surface area (Å²) in [6.07, 6.45) is 12.3. The zero-order valence-electron chi connectivity index (χ0n) is 10.7. The van der Waals surface area contributed by atoms with E-state index in [1.54, 1.807) is 11.1 Å². The van der Waals surface area contributed by atoms with E-state index in [-0.39, 0.29) is 0 Å². The van der Waals surface area contributed by atoms with Gasteiger partial charge in [-0.15, -0.1) is 0 Å². The molecule has 1 aromatic rings. The first-order chi connectivity index (χ1) is 8.42. The van der Waals surface area contributed by atoms with Gasteiger partial charge in [-0.05, 0) is 55.4 Å². The van der Waals surface area contributed by atoms with Crippen molar-refractivity contribution in [3.8, 4) is 0 Å². The zero-order valence-corrected chi connectivity index (χ0v) is 10.7. The molecule has 1 nitrogen and oxygen atoms in total. The monoisotopic (exact) mass is 229 g/mol. The average molecular weight is 229 g/mol. The van der Waals surface area contributed by atoms with E-state index in [4.69, 9.17) is 0 Å². The highest BCUT2D eigenvalue weighted by Gasteiger charge is 2.14. The minimum atomic E-state index is 0.719. The van der Waals surface area contributed by atoms with Crippen LogP contribution in [-0.4, -0.2) is 6.04 Å². The Bertz CT molecular complexity index is 375. The summed E-state index contributed by atoms with van der Waals surface area (Å²) in [4.78, 5) is 0. The molecule has 0 unspecified atom stereocenters. The lowest BCUT2D eigenvalue weighted by atomic mass is 10.1. The number of aryl methyl sites for hydroxylation is 2. The molecule has 0 aliphatic heterocycles. The third-order valence-electron chi connectivity index (χ3n) is 4.32. The van der Waals surface area contributed by atoms with Crippen molar-refractivity contribution >= 4 is 5.69 Å². The van der Waals surface area contributed by atoms with Gasteiger partial charge >= 0.3 is 0 Å². The van der Waals surface area contributed by atoms with Crippen LogP contribution in [0.3, 0.4) is 0 Å². The fourth-order valence-corrected chi connectivity index (χ4v) is 3.32. The topological polar surface area (TPSA) is 12.0 Å². The summed E-state index contributed by atoms with van der Waals surface area (Å²) in [7, 11) is 0. The number of fused-ring (bicyclic) bond motifs is 1. The van der Waals surface area contributed by atoms with Crippen molar-refractivity contribution in [1.29, 1.82) is 0 Å². The van der Waals surface area contributed by atoms with Crippen molar-refractivity contribution < 1.29 is 0 Å². The lowest BCUT2D eigenvalue weighted by molar-refractivity contribution is 0.620. The predicted molar refractivity (Wildman–Crippen MR) is 73.6 cm³/mol. The second-order valence-electron chi connectivity index (χ2n) is 5.67. The Balaban J connectivity index is 1.67. The second kappa shape index (κ2) is 5.12. The molecule has 17 heavy (non-hydrogen) atoms. The second-order valence-corrected chi connectivity index (χ2v) is 5.67. The summed E-state index contributed by atoms with van der Waals surface area (Å²) in [6.45, 7) is 0. The summed E-state index contributed by atoms with van der Waals surface area (Å²) < 4.78 is 0. The Morgan fingerprint density at radius 2 is 1.59 bits per heavy atom.